The molecule has 0 fully saturated rings. The molecule has 0 aliphatic rings. The third kappa shape index (κ3) is 2.48. The smallest absolute Gasteiger partial charge is 0.0960 e. The molecule has 1 heterocycles. The molecule has 1 nitrogen and oxygen atoms in total. The van der Waals surface area contributed by atoms with Crippen molar-refractivity contribution in [2.24, 2.45) is 5.41 Å². The lowest BCUT2D eigenvalue weighted by atomic mass is 9.92. The van der Waals surface area contributed by atoms with Crippen LogP contribution in [0, 0.1) is 5.41 Å². The first-order chi connectivity index (χ1) is 5.38. The Balaban J connectivity index is 2.82. The average molecular weight is 157 g/mol. The molecule has 1 aromatic heterocycles. The Morgan fingerprint density at radius 3 is 2.80 bits per heavy atom. The van der Waals surface area contributed by atoms with Gasteiger partial charge in [-0.3, -0.25) is 4.98 Å². The normalized spacial score (nSPS) is 14.7. The van der Waals surface area contributed by atoms with E-state index in [1.807, 2.05) is 0 Å². The van der Waals surface area contributed by atoms with Gasteiger partial charge in [0.2, 0.25) is 0 Å². The van der Waals surface area contributed by atoms with Crippen LogP contribution >= 0.6 is 11.3 Å². The van der Waals surface area contributed by atoms with Crippen LogP contribution in [0.3, 0.4) is 0 Å². The van der Waals surface area contributed by atoms with E-state index in [2.05, 4.69) is 25.8 Å². The average Bonchev–Trinajstić information content (AvgIpc) is 2.06. The van der Waals surface area contributed by atoms with Crippen molar-refractivity contribution in [2.45, 2.75) is 27.2 Å². The topological polar surface area (TPSA) is 12.9 Å². The summed E-state index contributed by atoms with van der Waals surface area (Å²) in [7, 11) is 0. The minimum atomic E-state index is 0.175. The van der Waals surface area contributed by atoms with Gasteiger partial charge in [-0.1, -0.05) is 20.8 Å². The van der Waals surface area contributed by atoms with Gasteiger partial charge in [-0.05, 0) is 11.8 Å². The molecule has 0 atom stereocenters. The van der Waals surface area contributed by atoms with Crippen molar-refractivity contribution in [3.8, 4) is 0 Å². The van der Waals surface area contributed by atoms with Crippen molar-refractivity contribution in [3.63, 3.8) is 0 Å². The molecular weight excluding hydrogens is 142 g/mol. The Morgan fingerprint density at radius 2 is 2.40 bits per heavy atom. The van der Waals surface area contributed by atoms with Gasteiger partial charge in [-0.2, -0.15) is 0 Å². The Labute approximate surface area is 68.9 Å². The summed E-state index contributed by atoms with van der Waals surface area (Å²) in [6.07, 6.45) is 1.11. The highest BCUT2D eigenvalue weighted by Gasteiger charge is 2.11. The van der Waals surface area contributed by atoms with Crippen molar-refractivity contribution < 1.29 is 2.74 Å². The quantitative estimate of drug-likeness (QED) is 0.611. The number of aromatic nitrogens is 1. The SMILES string of the molecule is [2H]c1nc([2H])c(CC(C)(C)C)s1. The fourth-order valence-electron chi connectivity index (χ4n) is 0.743. The maximum Gasteiger partial charge on any atom is 0.0960 e. The predicted octanol–water partition coefficient (Wildman–Crippen LogP) is 2.73. The summed E-state index contributed by atoms with van der Waals surface area (Å²) >= 11 is 1.31. The van der Waals surface area contributed by atoms with Gasteiger partial charge in [-0.25, -0.2) is 0 Å². The molecule has 0 aromatic carbocycles. The van der Waals surface area contributed by atoms with Crippen LogP contribution in [0.5, 0.6) is 0 Å². The Bertz CT molecular complexity index is 275. The van der Waals surface area contributed by atoms with E-state index in [-0.39, 0.29) is 17.1 Å². The number of hydrogen-bond acceptors (Lipinski definition) is 2. The van der Waals surface area contributed by atoms with Crippen molar-refractivity contribution in [1.82, 2.24) is 4.98 Å². The summed E-state index contributed by atoms with van der Waals surface area (Å²) in [6, 6.07) is 0. The molecule has 0 amide bonds. The molecule has 0 bridgehead atoms. The van der Waals surface area contributed by atoms with Gasteiger partial charge < -0.3 is 0 Å². The molecule has 0 spiro atoms. The number of rotatable bonds is 1. The number of thiazole rings is 1. The first-order valence-electron chi connectivity index (χ1n) is 4.31. The van der Waals surface area contributed by atoms with Crippen molar-refractivity contribution in [3.05, 3.63) is 16.5 Å². The van der Waals surface area contributed by atoms with Gasteiger partial charge in [0.05, 0.1) is 8.23 Å². The Morgan fingerprint density at radius 1 is 1.70 bits per heavy atom. The first kappa shape index (κ1) is 5.30. The number of nitrogens with zero attached hydrogens (tertiary/aromatic N) is 1. The summed E-state index contributed by atoms with van der Waals surface area (Å²) in [4.78, 5) is 4.67. The van der Waals surface area contributed by atoms with Crippen molar-refractivity contribution >= 4 is 11.3 Å². The minimum absolute atomic E-state index is 0.175. The van der Waals surface area contributed by atoms with Gasteiger partial charge in [0.25, 0.3) is 0 Å². The Hall–Kier alpha value is -0.370. The second kappa shape index (κ2) is 2.70. The molecule has 0 aliphatic carbocycles. The van der Waals surface area contributed by atoms with E-state index >= 15 is 0 Å². The highest BCUT2D eigenvalue weighted by atomic mass is 32.1. The first-order valence-corrected chi connectivity index (χ1v) is 4.13. The van der Waals surface area contributed by atoms with Gasteiger partial charge in [0.15, 0.2) is 0 Å². The van der Waals surface area contributed by atoms with E-state index in [9.17, 15) is 0 Å². The summed E-state index contributed by atoms with van der Waals surface area (Å²) in [5.41, 5.74) is 0.425. The second-order valence-corrected chi connectivity index (χ2v) is 4.46. The molecular formula is C8H13NS. The fourth-order valence-corrected chi connectivity index (χ4v) is 1.54. The van der Waals surface area contributed by atoms with Gasteiger partial charge >= 0.3 is 0 Å². The molecule has 1 aromatic rings. The predicted molar refractivity (Wildman–Crippen MR) is 45.3 cm³/mol. The van der Waals surface area contributed by atoms with Crippen LogP contribution in [-0.2, 0) is 6.42 Å². The van der Waals surface area contributed by atoms with Crippen LogP contribution in [-0.4, -0.2) is 4.98 Å². The van der Waals surface area contributed by atoms with Gasteiger partial charge in [0.1, 0.15) is 0 Å². The standard InChI is InChI=1S/C8H13NS/c1-8(2,3)4-7-5-9-6-10-7/h5-6H,4H2,1-3H3/i5D,6D. The van der Waals surface area contributed by atoms with Crippen LogP contribution in [0.25, 0.3) is 0 Å². The zero-order valence-electron chi connectivity index (χ0n) is 8.56. The lowest BCUT2D eigenvalue weighted by molar-refractivity contribution is 0.414. The van der Waals surface area contributed by atoms with Crippen molar-refractivity contribution in [1.29, 1.82) is 0 Å². The van der Waals surface area contributed by atoms with Crippen LogP contribution in [0.1, 0.15) is 28.4 Å². The zero-order valence-corrected chi connectivity index (χ0v) is 7.38. The molecule has 0 radical (unpaired) electrons. The number of hydrogen-bond donors (Lipinski definition) is 0. The van der Waals surface area contributed by atoms with E-state index in [0.29, 0.717) is 0 Å². The Kier molecular flexibility index (Phi) is 1.43. The lowest BCUT2D eigenvalue weighted by Gasteiger charge is -2.15. The minimum Gasteiger partial charge on any atom is -0.253 e. The van der Waals surface area contributed by atoms with Crippen LogP contribution in [0.2, 0.25) is 0 Å². The van der Waals surface area contributed by atoms with E-state index in [1.54, 1.807) is 0 Å². The van der Waals surface area contributed by atoms with Gasteiger partial charge in [-0.15, -0.1) is 11.3 Å². The fraction of sp³-hybridized carbons (Fsp3) is 0.625. The molecule has 0 saturated carbocycles. The molecule has 2 heteroatoms. The highest BCUT2D eigenvalue weighted by molar-refractivity contribution is 7.09. The van der Waals surface area contributed by atoms with Crippen LogP contribution in [0.4, 0.5) is 0 Å². The largest absolute Gasteiger partial charge is 0.253 e. The van der Waals surface area contributed by atoms with E-state index in [1.165, 1.54) is 11.3 Å². The van der Waals surface area contributed by atoms with Crippen LogP contribution in [0.15, 0.2) is 11.7 Å². The molecule has 0 saturated heterocycles. The molecule has 10 heavy (non-hydrogen) atoms. The maximum atomic E-state index is 7.45. The lowest BCUT2D eigenvalue weighted by Crippen LogP contribution is -2.07. The third-order valence-corrected chi connectivity index (χ3v) is 1.75. The molecule has 0 aliphatic heterocycles. The van der Waals surface area contributed by atoms with Crippen LogP contribution < -0.4 is 0 Å². The van der Waals surface area contributed by atoms with E-state index in [4.69, 9.17) is 2.74 Å². The maximum absolute atomic E-state index is 7.45. The van der Waals surface area contributed by atoms with Gasteiger partial charge in [0, 0.05) is 11.1 Å². The molecule has 0 unspecified atom stereocenters. The molecule has 1 rings (SSSR count). The summed E-state index contributed by atoms with van der Waals surface area (Å²) in [5.74, 6) is 0. The molecule has 56 valence electrons. The monoisotopic (exact) mass is 157 g/mol. The summed E-state index contributed by atoms with van der Waals surface area (Å²) in [6.45, 7) is 6.36. The van der Waals surface area contributed by atoms with E-state index in [0.717, 1.165) is 11.3 Å². The third-order valence-electron chi connectivity index (χ3n) is 1.09. The second-order valence-electron chi connectivity index (χ2n) is 3.58. The summed E-state index contributed by atoms with van der Waals surface area (Å²) < 4.78 is 14.7. The zero-order chi connectivity index (χ0) is 9.35. The highest BCUT2D eigenvalue weighted by Crippen LogP contribution is 2.22. The van der Waals surface area contributed by atoms with E-state index < -0.39 is 0 Å². The molecule has 0 N–H and O–H groups in total. The van der Waals surface area contributed by atoms with Crippen molar-refractivity contribution in [2.75, 3.05) is 0 Å². The summed E-state index contributed by atoms with van der Waals surface area (Å²) in [5, 5.41) is 0.